The molecule has 2 heterocycles. The number of morpholine rings is 1. The molecule has 1 aliphatic rings. The molecule has 1 aromatic heterocycles. The predicted octanol–water partition coefficient (Wildman–Crippen LogP) is 3.93. The van der Waals surface area contributed by atoms with E-state index in [4.69, 9.17) is 9.47 Å². The standard InChI is InChI=1S/C24H31N5O2S/c1-18-7-6-8-19(2)23(18)25-17-22-26-27-24(32-16-13-28-11-14-31-15-12-28)29(22)20-9-4-5-10-21(20)30-3/h4-10,25H,11-17H2,1-3H3. The molecule has 0 spiro atoms. The Balaban J connectivity index is 1.57. The molecular weight excluding hydrogens is 422 g/mol. The average molecular weight is 454 g/mol. The minimum absolute atomic E-state index is 0.570. The highest BCUT2D eigenvalue weighted by Crippen LogP contribution is 2.29. The quantitative estimate of drug-likeness (QED) is 0.493. The van der Waals surface area contributed by atoms with Crippen molar-refractivity contribution in [3.05, 3.63) is 59.4 Å². The summed E-state index contributed by atoms with van der Waals surface area (Å²) < 4.78 is 13.2. The van der Waals surface area contributed by atoms with Crippen LogP contribution in [-0.2, 0) is 11.3 Å². The van der Waals surface area contributed by atoms with E-state index in [1.807, 2.05) is 18.2 Å². The third-order valence-corrected chi connectivity index (χ3v) is 6.58. The van der Waals surface area contributed by atoms with Crippen molar-refractivity contribution in [3.63, 3.8) is 0 Å². The zero-order valence-electron chi connectivity index (χ0n) is 19.0. The number of nitrogens with one attached hydrogen (secondary N) is 1. The van der Waals surface area contributed by atoms with Gasteiger partial charge in [-0.15, -0.1) is 10.2 Å². The molecule has 1 N–H and O–H groups in total. The van der Waals surface area contributed by atoms with E-state index in [9.17, 15) is 0 Å². The van der Waals surface area contributed by atoms with Crippen LogP contribution in [-0.4, -0.2) is 65.4 Å². The van der Waals surface area contributed by atoms with Gasteiger partial charge in [-0.3, -0.25) is 9.47 Å². The van der Waals surface area contributed by atoms with Gasteiger partial charge in [0.05, 0.1) is 32.6 Å². The Kier molecular flexibility index (Phi) is 7.68. The number of para-hydroxylation sites is 3. The second-order valence-corrected chi connectivity index (χ2v) is 8.89. The molecule has 0 unspecified atom stereocenters. The Morgan fingerprint density at radius 1 is 1.03 bits per heavy atom. The first-order valence-corrected chi connectivity index (χ1v) is 12.0. The van der Waals surface area contributed by atoms with Crippen LogP contribution < -0.4 is 10.1 Å². The Morgan fingerprint density at radius 3 is 2.53 bits per heavy atom. The summed E-state index contributed by atoms with van der Waals surface area (Å²) in [7, 11) is 1.70. The lowest BCUT2D eigenvalue weighted by atomic mass is 10.1. The van der Waals surface area contributed by atoms with Gasteiger partial charge in [0, 0.05) is 31.1 Å². The summed E-state index contributed by atoms with van der Waals surface area (Å²) in [5, 5.41) is 13.5. The van der Waals surface area contributed by atoms with Crippen LogP contribution in [0.25, 0.3) is 5.69 Å². The summed E-state index contributed by atoms with van der Waals surface area (Å²) in [6.45, 7) is 9.42. The van der Waals surface area contributed by atoms with Gasteiger partial charge in [0.15, 0.2) is 11.0 Å². The number of methoxy groups -OCH3 is 1. The van der Waals surface area contributed by atoms with Crippen molar-refractivity contribution in [2.24, 2.45) is 0 Å². The molecule has 7 nitrogen and oxygen atoms in total. The van der Waals surface area contributed by atoms with E-state index >= 15 is 0 Å². The Hall–Kier alpha value is -2.55. The highest BCUT2D eigenvalue weighted by Gasteiger charge is 2.18. The largest absolute Gasteiger partial charge is 0.495 e. The monoisotopic (exact) mass is 453 g/mol. The highest BCUT2D eigenvalue weighted by atomic mass is 32.2. The maximum Gasteiger partial charge on any atom is 0.196 e. The van der Waals surface area contributed by atoms with E-state index in [1.54, 1.807) is 18.9 Å². The molecule has 32 heavy (non-hydrogen) atoms. The molecule has 8 heteroatoms. The van der Waals surface area contributed by atoms with Crippen LogP contribution in [0.15, 0.2) is 47.6 Å². The van der Waals surface area contributed by atoms with Crippen molar-refractivity contribution in [3.8, 4) is 11.4 Å². The normalized spacial score (nSPS) is 14.5. The molecule has 1 aliphatic heterocycles. The first kappa shape index (κ1) is 22.6. The average Bonchev–Trinajstić information content (AvgIpc) is 3.22. The number of thioether (sulfide) groups is 1. The molecule has 3 aromatic rings. The van der Waals surface area contributed by atoms with Gasteiger partial charge in [0.25, 0.3) is 0 Å². The number of anilines is 1. The lowest BCUT2D eigenvalue weighted by Gasteiger charge is -2.26. The van der Waals surface area contributed by atoms with E-state index < -0.39 is 0 Å². The molecular formula is C24H31N5O2S. The maximum atomic E-state index is 5.65. The first-order chi connectivity index (χ1) is 15.7. The third-order valence-electron chi connectivity index (χ3n) is 5.67. The molecule has 0 amide bonds. The van der Waals surface area contributed by atoms with Crippen molar-refractivity contribution >= 4 is 17.4 Å². The zero-order valence-corrected chi connectivity index (χ0v) is 19.8. The summed E-state index contributed by atoms with van der Waals surface area (Å²) in [6, 6.07) is 14.3. The van der Waals surface area contributed by atoms with Gasteiger partial charge < -0.3 is 14.8 Å². The molecule has 0 saturated carbocycles. The number of rotatable bonds is 9. The Morgan fingerprint density at radius 2 is 1.78 bits per heavy atom. The summed E-state index contributed by atoms with van der Waals surface area (Å²) >= 11 is 1.73. The topological polar surface area (TPSA) is 64.4 Å². The first-order valence-electron chi connectivity index (χ1n) is 11.0. The molecule has 170 valence electrons. The van der Waals surface area contributed by atoms with Gasteiger partial charge in [-0.1, -0.05) is 42.1 Å². The number of aromatic nitrogens is 3. The van der Waals surface area contributed by atoms with Crippen molar-refractivity contribution in [2.45, 2.75) is 25.5 Å². The summed E-state index contributed by atoms with van der Waals surface area (Å²) in [5.74, 6) is 2.60. The fourth-order valence-corrected chi connectivity index (χ4v) is 4.88. The Bertz CT molecular complexity index is 1010. The second kappa shape index (κ2) is 10.8. The van der Waals surface area contributed by atoms with Crippen molar-refractivity contribution in [2.75, 3.05) is 51.0 Å². The third kappa shape index (κ3) is 5.26. The molecule has 4 rings (SSSR count). The molecule has 1 saturated heterocycles. The molecule has 2 aromatic carbocycles. The van der Waals surface area contributed by atoms with Crippen LogP contribution in [0, 0.1) is 13.8 Å². The lowest BCUT2D eigenvalue weighted by molar-refractivity contribution is 0.0410. The lowest BCUT2D eigenvalue weighted by Crippen LogP contribution is -2.37. The van der Waals surface area contributed by atoms with E-state index in [0.29, 0.717) is 6.54 Å². The van der Waals surface area contributed by atoms with Crippen LogP contribution >= 0.6 is 11.8 Å². The summed E-state index contributed by atoms with van der Waals surface area (Å²) in [6.07, 6.45) is 0. The van der Waals surface area contributed by atoms with Gasteiger partial charge in [0.1, 0.15) is 5.75 Å². The number of benzene rings is 2. The number of aryl methyl sites for hydroxylation is 2. The molecule has 0 radical (unpaired) electrons. The van der Waals surface area contributed by atoms with E-state index in [-0.39, 0.29) is 0 Å². The molecule has 0 bridgehead atoms. The van der Waals surface area contributed by atoms with Crippen LogP contribution in [0.5, 0.6) is 5.75 Å². The summed E-state index contributed by atoms with van der Waals surface area (Å²) in [4.78, 5) is 2.43. The van der Waals surface area contributed by atoms with E-state index in [2.05, 4.69) is 63.1 Å². The van der Waals surface area contributed by atoms with Gasteiger partial charge in [-0.2, -0.15) is 0 Å². The fraction of sp³-hybridized carbons (Fsp3) is 0.417. The predicted molar refractivity (Wildman–Crippen MR) is 129 cm³/mol. The molecule has 0 atom stereocenters. The van der Waals surface area contributed by atoms with Crippen molar-refractivity contribution in [1.29, 1.82) is 0 Å². The number of hydrogen-bond donors (Lipinski definition) is 1. The number of hydrogen-bond acceptors (Lipinski definition) is 7. The van der Waals surface area contributed by atoms with Gasteiger partial charge in [0.2, 0.25) is 0 Å². The fourth-order valence-electron chi connectivity index (χ4n) is 3.92. The van der Waals surface area contributed by atoms with Gasteiger partial charge >= 0.3 is 0 Å². The van der Waals surface area contributed by atoms with E-state index in [1.165, 1.54) is 11.1 Å². The molecule has 1 fully saturated rings. The van der Waals surface area contributed by atoms with Gasteiger partial charge in [-0.25, -0.2) is 0 Å². The summed E-state index contributed by atoms with van der Waals surface area (Å²) in [5.41, 5.74) is 4.53. The minimum atomic E-state index is 0.570. The van der Waals surface area contributed by atoms with Crippen molar-refractivity contribution in [1.82, 2.24) is 19.7 Å². The second-order valence-electron chi connectivity index (χ2n) is 7.83. The van der Waals surface area contributed by atoms with Crippen LogP contribution in [0.3, 0.4) is 0 Å². The minimum Gasteiger partial charge on any atom is -0.495 e. The molecule has 0 aliphatic carbocycles. The Labute approximate surface area is 194 Å². The number of nitrogens with zero attached hydrogens (tertiary/aromatic N) is 4. The maximum absolute atomic E-state index is 5.65. The SMILES string of the molecule is COc1ccccc1-n1c(CNc2c(C)cccc2C)nnc1SCCN1CCOCC1. The number of ether oxygens (including phenoxy) is 2. The van der Waals surface area contributed by atoms with Crippen LogP contribution in [0.2, 0.25) is 0 Å². The highest BCUT2D eigenvalue weighted by molar-refractivity contribution is 7.99. The van der Waals surface area contributed by atoms with Crippen molar-refractivity contribution < 1.29 is 9.47 Å². The zero-order chi connectivity index (χ0) is 22.3. The van der Waals surface area contributed by atoms with Crippen LogP contribution in [0.1, 0.15) is 17.0 Å². The smallest absolute Gasteiger partial charge is 0.196 e. The van der Waals surface area contributed by atoms with Gasteiger partial charge in [-0.05, 0) is 37.1 Å². The van der Waals surface area contributed by atoms with Crippen LogP contribution in [0.4, 0.5) is 5.69 Å². The van der Waals surface area contributed by atoms with E-state index in [0.717, 1.165) is 66.7 Å².